The van der Waals surface area contributed by atoms with Crippen molar-refractivity contribution in [1.82, 2.24) is 15.1 Å². The zero-order valence-electron chi connectivity index (χ0n) is 12.3. The van der Waals surface area contributed by atoms with E-state index in [1.54, 1.807) is 7.05 Å². The zero-order valence-corrected chi connectivity index (χ0v) is 12.3. The number of anilines is 1. The van der Waals surface area contributed by atoms with Gasteiger partial charge in [-0.1, -0.05) is 12.1 Å². The molecule has 6 nitrogen and oxygen atoms in total. The van der Waals surface area contributed by atoms with Crippen molar-refractivity contribution in [3.05, 3.63) is 29.8 Å². The molecule has 1 aliphatic heterocycles. The average molecular weight is 290 g/mol. The largest absolute Gasteiger partial charge is 0.399 e. The van der Waals surface area contributed by atoms with E-state index in [0.717, 1.165) is 18.7 Å². The predicted molar refractivity (Wildman–Crippen MR) is 81.6 cm³/mol. The van der Waals surface area contributed by atoms with Crippen molar-refractivity contribution in [2.24, 2.45) is 0 Å². The molecule has 0 atom stereocenters. The number of nitrogens with one attached hydrogen (secondary N) is 1. The number of nitrogens with zero attached hydrogens (tertiary/aromatic N) is 2. The van der Waals surface area contributed by atoms with Gasteiger partial charge in [-0.05, 0) is 17.7 Å². The fourth-order valence-corrected chi connectivity index (χ4v) is 2.43. The number of hydrogen-bond donors (Lipinski definition) is 2. The Balaban J connectivity index is 1.82. The summed E-state index contributed by atoms with van der Waals surface area (Å²) in [7, 11) is 1.63. The van der Waals surface area contributed by atoms with Crippen molar-refractivity contribution in [3.63, 3.8) is 0 Å². The van der Waals surface area contributed by atoms with E-state index in [0.29, 0.717) is 31.7 Å². The van der Waals surface area contributed by atoms with E-state index in [1.807, 2.05) is 29.2 Å². The summed E-state index contributed by atoms with van der Waals surface area (Å²) in [5.41, 5.74) is 7.34. The highest BCUT2D eigenvalue weighted by Crippen LogP contribution is 2.10. The van der Waals surface area contributed by atoms with Crippen LogP contribution < -0.4 is 11.1 Å². The molecule has 0 saturated carbocycles. The van der Waals surface area contributed by atoms with Gasteiger partial charge in [0.25, 0.3) is 0 Å². The van der Waals surface area contributed by atoms with Crippen molar-refractivity contribution in [2.45, 2.75) is 6.42 Å². The van der Waals surface area contributed by atoms with Crippen LogP contribution >= 0.6 is 0 Å². The molecule has 0 radical (unpaired) electrons. The smallest absolute Gasteiger partial charge is 0.233 e. The molecule has 1 heterocycles. The molecule has 1 aromatic rings. The van der Waals surface area contributed by atoms with Crippen LogP contribution in [0, 0.1) is 0 Å². The molecule has 3 N–H and O–H groups in total. The minimum absolute atomic E-state index is 0.00883. The average Bonchev–Trinajstić information content (AvgIpc) is 2.47. The Morgan fingerprint density at radius 1 is 1.24 bits per heavy atom. The summed E-state index contributed by atoms with van der Waals surface area (Å²) in [6, 6.07) is 7.42. The number of carbonyl (C=O) groups is 2. The van der Waals surface area contributed by atoms with E-state index in [9.17, 15) is 9.59 Å². The number of rotatable bonds is 4. The van der Waals surface area contributed by atoms with Gasteiger partial charge in [-0.15, -0.1) is 0 Å². The third-order valence-electron chi connectivity index (χ3n) is 3.68. The van der Waals surface area contributed by atoms with E-state index in [1.165, 1.54) is 0 Å². The molecule has 6 heteroatoms. The molecule has 0 spiro atoms. The number of nitrogens with two attached hydrogens (primary N) is 1. The molecule has 1 fully saturated rings. The number of carbonyl (C=O) groups excluding carboxylic acids is 2. The van der Waals surface area contributed by atoms with Gasteiger partial charge in [0.05, 0.1) is 13.0 Å². The van der Waals surface area contributed by atoms with Gasteiger partial charge < -0.3 is 16.0 Å². The highest BCUT2D eigenvalue weighted by atomic mass is 16.2. The van der Waals surface area contributed by atoms with Crippen LogP contribution in [0.4, 0.5) is 5.69 Å². The van der Waals surface area contributed by atoms with Crippen molar-refractivity contribution in [2.75, 3.05) is 45.5 Å². The molecule has 2 rings (SSSR count). The number of hydrogen-bond acceptors (Lipinski definition) is 4. The SMILES string of the molecule is CNC(=O)CN1CCN(C(=O)Cc2cccc(N)c2)CC1. The fraction of sp³-hybridized carbons (Fsp3) is 0.467. The minimum atomic E-state index is 0.00883. The van der Waals surface area contributed by atoms with E-state index < -0.39 is 0 Å². The van der Waals surface area contributed by atoms with Crippen molar-refractivity contribution in [3.8, 4) is 0 Å². The van der Waals surface area contributed by atoms with Gasteiger partial charge in [0.15, 0.2) is 0 Å². The van der Waals surface area contributed by atoms with Gasteiger partial charge in [0.2, 0.25) is 11.8 Å². The molecule has 1 aromatic carbocycles. The maximum Gasteiger partial charge on any atom is 0.233 e. The molecule has 1 saturated heterocycles. The summed E-state index contributed by atoms with van der Waals surface area (Å²) < 4.78 is 0. The number of benzene rings is 1. The third kappa shape index (κ3) is 4.46. The summed E-state index contributed by atoms with van der Waals surface area (Å²) in [6.45, 7) is 3.19. The Kier molecular flexibility index (Phi) is 5.16. The van der Waals surface area contributed by atoms with Gasteiger partial charge in [0, 0.05) is 38.9 Å². The molecule has 2 amide bonds. The summed E-state index contributed by atoms with van der Waals surface area (Å²) in [4.78, 5) is 27.5. The van der Waals surface area contributed by atoms with E-state index in [-0.39, 0.29) is 11.8 Å². The van der Waals surface area contributed by atoms with Gasteiger partial charge in [-0.3, -0.25) is 14.5 Å². The lowest BCUT2D eigenvalue weighted by Crippen LogP contribution is -2.51. The van der Waals surface area contributed by atoms with Gasteiger partial charge in [-0.25, -0.2) is 0 Å². The quantitative estimate of drug-likeness (QED) is 0.746. The van der Waals surface area contributed by atoms with Gasteiger partial charge >= 0.3 is 0 Å². The van der Waals surface area contributed by atoms with Crippen LogP contribution in [0.15, 0.2) is 24.3 Å². The lowest BCUT2D eigenvalue weighted by atomic mass is 10.1. The first-order chi connectivity index (χ1) is 10.1. The second-order valence-corrected chi connectivity index (χ2v) is 5.25. The second-order valence-electron chi connectivity index (χ2n) is 5.25. The summed E-state index contributed by atoms with van der Waals surface area (Å²) in [5.74, 6) is 0.120. The minimum Gasteiger partial charge on any atom is -0.399 e. The molecule has 0 bridgehead atoms. The van der Waals surface area contributed by atoms with Crippen LogP contribution in [0.25, 0.3) is 0 Å². The van der Waals surface area contributed by atoms with E-state index in [2.05, 4.69) is 10.2 Å². The molecule has 0 aromatic heterocycles. The van der Waals surface area contributed by atoms with Gasteiger partial charge in [0.1, 0.15) is 0 Å². The highest BCUT2D eigenvalue weighted by Gasteiger charge is 2.22. The third-order valence-corrected chi connectivity index (χ3v) is 3.68. The molecule has 0 unspecified atom stereocenters. The number of nitrogen functional groups attached to an aromatic ring is 1. The lowest BCUT2D eigenvalue weighted by molar-refractivity contribution is -0.132. The Labute approximate surface area is 124 Å². The Bertz CT molecular complexity index is 510. The van der Waals surface area contributed by atoms with Crippen LogP contribution in [0.1, 0.15) is 5.56 Å². The van der Waals surface area contributed by atoms with Crippen molar-refractivity contribution < 1.29 is 9.59 Å². The predicted octanol–water partition coefficient (Wildman–Crippen LogP) is -0.298. The topological polar surface area (TPSA) is 78.7 Å². The molecule has 21 heavy (non-hydrogen) atoms. The van der Waals surface area contributed by atoms with E-state index >= 15 is 0 Å². The van der Waals surface area contributed by atoms with Crippen LogP contribution in [0.3, 0.4) is 0 Å². The van der Waals surface area contributed by atoms with Crippen LogP contribution in [-0.2, 0) is 16.0 Å². The Morgan fingerprint density at radius 2 is 1.95 bits per heavy atom. The first-order valence-corrected chi connectivity index (χ1v) is 7.13. The Morgan fingerprint density at radius 3 is 2.57 bits per heavy atom. The number of likely N-dealkylation sites (N-methyl/N-ethyl adjacent to an activating group) is 1. The van der Waals surface area contributed by atoms with Crippen LogP contribution in [0.2, 0.25) is 0 Å². The monoisotopic (exact) mass is 290 g/mol. The Hall–Kier alpha value is -2.08. The van der Waals surface area contributed by atoms with Gasteiger partial charge in [-0.2, -0.15) is 0 Å². The summed E-state index contributed by atoms with van der Waals surface area (Å²) in [5, 5.41) is 2.61. The lowest BCUT2D eigenvalue weighted by Gasteiger charge is -2.34. The van der Waals surface area contributed by atoms with E-state index in [4.69, 9.17) is 5.73 Å². The highest BCUT2D eigenvalue weighted by molar-refractivity contribution is 5.79. The maximum absolute atomic E-state index is 12.3. The summed E-state index contributed by atoms with van der Waals surface area (Å²) in [6.07, 6.45) is 0.375. The van der Waals surface area contributed by atoms with Crippen LogP contribution in [-0.4, -0.2) is 61.4 Å². The zero-order chi connectivity index (χ0) is 15.2. The number of piperazine rings is 1. The second kappa shape index (κ2) is 7.08. The molecule has 0 aliphatic carbocycles. The standard InChI is InChI=1S/C15H22N4O2/c1-17-14(20)11-18-5-7-19(8-6-18)15(21)10-12-3-2-4-13(16)9-12/h2-4,9H,5-8,10-11,16H2,1H3,(H,17,20). The number of amides is 2. The molecular formula is C15H22N4O2. The molecule has 1 aliphatic rings. The van der Waals surface area contributed by atoms with Crippen LogP contribution in [0.5, 0.6) is 0 Å². The first-order valence-electron chi connectivity index (χ1n) is 7.13. The summed E-state index contributed by atoms with van der Waals surface area (Å²) >= 11 is 0. The molecular weight excluding hydrogens is 268 g/mol. The first kappa shape index (κ1) is 15.3. The normalized spacial score (nSPS) is 15.8. The molecule has 114 valence electrons. The van der Waals surface area contributed by atoms with Crippen molar-refractivity contribution >= 4 is 17.5 Å². The van der Waals surface area contributed by atoms with Crippen molar-refractivity contribution in [1.29, 1.82) is 0 Å². The maximum atomic E-state index is 12.3. The fourth-order valence-electron chi connectivity index (χ4n) is 2.43.